The normalized spacial score (nSPS) is 18.7. The van der Waals surface area contributed by atoms with Crippen LogP contribution in [0.5, 0.6) is 0 Å². The molecule has 15 heavy (non-hydrogen) atoms. The lowest BCUT2D eigenvalue weighted by molar-refractivity contribution is 0.265. The molecule has 84 valence electrons. The summed E-state index contributed by atoms with van der Waals surface area (Å²) >= 11 is 0. The van der Waals surface area contributed by atoms with Crippen LogP contribution in [0.4, 0.5) is 0 Å². The van der Waals surface area contributed by atoms with E-state index in [2.05, 4.69) is 22.6 Å². The molecule has 1 fully saturated rings. The molecule has 1 atom stereocenters. The molecule has 4 nitrogen and oxygen atoms in total. The Morgan fingerprint density at radius 3 is 3.00 bits per heavy atom. The quantitative estimate of drug-likeness (QED) is 0.769. The van der Waals surface area contributed by atoms with Crippen molar-refractivity contribution >= 4 is 0 Å². The van der Waals surface area contributed by atoms with E-state index in [0.717, 1.165) is 19.0 Å². The molecule has 0 radical (unpaired) electrons. The highest BCUT2D eigenvalue weighted by Gasteiger charge is 2.19. The standard InChI is InChI=1S/C11H20N4/c1-10(9-11-3-2-4-11)12-5-7-15-8-6-13-14-15/h6,8,10-12H,2-5,7,9H2,1H3. The molecule has 0 amide bonds. The molecule has 1 N–H and O–H groups in total. The van der Waals surface area contributed by atoms with Crippen LogP contribution < -0.4 is 5.32 Å². The molecule has 1 aromatic rings. The lowest BCUT2D eigenvalue weighted by atomic mass is 9.81. The minimum atomic E-state index is 0.638. The van der Waals surface area contributed by atoms with E-state index in [9.17, 15) is 0 Å². The number of nitrogens with zero attached hydrogens (tertiary/aromatic N) is 3. The van der Waals surface area contributed by atoms with E-state index in [1.54, 1.807) is 6.20 Å². The Bertz CT molecular complexity index is 266. The Morgan fingerprint density at radius 1 is 1.53 bits per heavy atom. The first kappa shape index (κ1) is 10.6. The van der Waals surface area contributed by atoms with Crippen molar-refractivity contribution in [2.75, 3.05) is 6.54 Å². The van der Waals surface area contributed by atoms with Gasteiger partial charge in [-0.25, -0.2) is 0 Å². The van der Waals surface area contributed by atoms with Crippen molar-refractivity contribution in [3.8, 4) is 0 Å². The summed E-state index contributed by atoms with van der Waals surface area (Å²) in [7, 11) is 0. The largest absolute Gasteiger partial charge is 0.312 e. The van der Waals surface area contributed by atoms with Gasteiger partial charge in [0.15, 0.2) is 0 Å². The van der Waals surface area contributed by atoms with Crippen molar-refractivity contribution in [2.45, 2.75) is 45.2 Å². The summed E-state index contributed by atoms with van der Waals surface area (Å²) in [6.07, 6.45) is 9.27. The molecule has 0 aliphatic heterocycles. The van der Waals surface area contributed by atoms with Gasteiger partial charge in [0.1, 0.15) is 0 Å². The molecule has 1 aliphatic rings. The lowest BCUT2D eigenvalue weighted by Gasteiger charge is -2.28. The topological polar surface area (TPSA) is 42.7 Å². The monoisotopic (exact) mass is 208 g/mol. The van der Waals surface area contributed by atoms with Gasteiger partial charge >= 0.3 is 0 Å². The number of nitrogens with one attached hydrogen (secondary N) is 1. The molecule has 0 saturated heterocycles. The first-order valence-corrected chi connectivity index (χ1v) is 5.92. The van der Waals surface area contributed by atoms with Crippen LogP contribution in [0.2, 0.25) is 0 Å². The van der Waals surface area contributed by atoms with E-state index in [4.69, 9.17) is 0 Å². The molecule has 1 saturated carbocycles. The zero-order valence-corrected chi connectivity index (χ0v) is 9.39. The fourth-order valence-corrected chi connectivity index (χ4v) is 2.09. The third-order valence-electron chi connectivity index (χ3n) is 3.22. The zero-order chi connectivity index (χ0) is 10.5. The van der Waals surface area contributed by atoms with Crippen molar-refractivity contribution in [1.29, 1.82) is 0 Å². The zero-order valence-electron chi connectivity index (χ0n) is 9.39. The van der Waals surface area contributed by atoms with Crippen LogP contribution in [-0.4, -0.2) is 27.6 Å². The Hall–Kier alpha value is -0.900. The molecule has 0 bridgehead atoms. The third kappa shape index (κ3) is 3.30. The molecule has 1 aliphatic carbocycles. The molecule has 2 rings (SSSR count). The van der Waals surface area contributed by atoms with Crippen molar-refractivity contribution in [2.24, 2.45) is 5.92 Å². The van der Waals surface area contributed by atoms with Gasteiger partial charge in [-0.2, -0.15) is 0 Å². The van der Waals surface area contributed by atoms with E-state index in [0.29, 0.717) is 6.04 Å². The van der Waals surface area contributed by atoms with E-state index in [1.165, 1.54) is 25.7 Å². The summed E-state index contributed by atoms with van der Waals surface area (Å²) in [5.41, 5.74) is 0. The summed E-state index contributed by atoms with van der Waals surface area (Å²) in [6, 6.07) is 0.638. The number of hydrogen-bond donors (Lipinski definition) is 1. The molecule has 0 spiro atoms. The van der Waals surface area contributed by atoms with Crippen molar-refractivity contribution in [3.05, 3.63) is 12.4 Å². The van der Waals surface area contributed by atoms with Crippen LogP contribution in [0, 0.1) is 5.92 Å². The molecule has 1 unspecified atom stereocenters. The predicted octanol–water partition coefficient (Wildman–Crippen LogP) is 1.45. The van der Waals surface area contributed by atoms with Gasteiger partial charge < -0.3 is 5.32 Å². The second kappa shape index (κ2) is 5.26. The maximum atomic E-state index is 3.93. The molecule has 4 heteroatoms. The van der Waals surface area contributed by atoms with Crippen LogP contribution in [0.25, 0.3) is 0 Å². The van der Waals surface area contributed by atoms with Gasteiger partial charge in [0.2, 0.25) is 0 Å². The van der Waals surface area contributed by atoms with E-state index >= 15 is 0 Å². The first-order chi connectivity index (χ1) is 7.34. The lowest BCUT2D eigenvalue weighted by Crippen LogP contribution is -2.32. The summed E-state index contributed by atoms with van der Waals surface area (Å²) < 4.78 is 1.86. The number of rotatable bonds is 6. The van der Waals surface area contributed by atoms with Crippen LogP contribution in [-0.2, 0) is 6.54 Å². The van der Waals surface area contributed by atoms with Crippen LogP contribution in [0.15, 0.2) is 12.4 Å². The minimum Gasteiger partial charge on any atom is -0.312 e. The second-order valence-electron chi connectivity index (χ2n) is 4.55. The molecular weight excluding hydrogens is 188 g/mol. The Kier molecular flexibility index (Phi) is 3.72. The van der Waals surface area contributed by atoms with Gasteiger partial charge in [-0.3, -0.25) is 4.68 Å². The average Bonchev–Trinajstić information content (AvgIpc) is 2.64. The minimum absolute atomic E-state index is 0.638. The number of aromatic nitrogens is 3. The van der Waals surface area contributed by atoms with Crippen molar-refractivity contribution in [3.63, 3.8) is 0 Å². The summed E-state index contributed by atoms with van der Waals surface area (Å²) in [5.74, 6) is 0.985. The summed E-state index contributed by atoms with van der Waals surface area (Å²) in [4.78, 5) is 0. The fourth-order valence-electron chi connectivity index (χ4n) is 2.09. The molecular formula is C11H20N4. The summed E-state index contributed by atoms with van der Waals surface area (Å²) in [6.45, 7) is 4.17. The third-order valence-corrected chi connectivity index (χ3v) is 3.22. The van der Waals surface area contributed by atoms with Gasteiger partial charge in [0.25, 0.3) is 0 Å². The van der Waals surface area contributed by atoms with Crippen LogP contribution in [0.3, 0.4) is 0 Å². The molecule has 1 aromatic heterocycles. The second-order valence-corrected chi connectivity index (χ2v) is 4.55. The first-order valence-electron chi connectivity index (χ1n) is 5.92. The van der Waals surface area contributed by atoms with Crippen molar-refractivity contribution < 1.29 is 0 Å². The Morgan fingerprint density at radius 2 is 2.40 bits per heavy atom. The van der Waals surface area contributed by atoms with E-state index in [-0.39, 0.29) is 0 Å². The van der Waals surface area contributed by atoms with Gasteiger partial charge in [0.05, 0.1) is 12.7 Å². The molecule has 1 heterocycles. The SMILES string of the molecule is CC(CC1CCC1)NCCn1ccnn1. The highest BCUT2D eigenvalue weighted by molar-refractivity contribution is 4.75. The Balaban J connectivity index is 1.56. The van der Waals surface area contributed by atoms with Crippen molar-refractivity contribution in [1.82, 2.24) is 20.3 Å². The molecule has 0 aromatic carbocycles. The van der Waals surface area contributed by atoms with Crippen LogP contribution >= 0.6 is 0 Å². The van der Waals surface area contributed by atoms with Gasteiger partial charge in [-0.1, -0.05) is 24.5 Å². The average molecular weight is 208 g/mol. The van der Waals surface area contributed by atoms with Gasteiger partial charge in [-0.15, -0.1) is 5.10 Å². The van der Waals surface area contributed by atoms with Crippen LogP contribution in [0.1, 0.15) is 32.6 Å². The maximum Gasteiger partial charge on any atom is 0.0692 e. The maximum absolute atomic E-state index is 3.93. The van der Waals surface area contributed by atoms with E-state index < -0.39 is 0 Å². The van der Waals surface area contributed by atoms with Gasteiger partial charge in [-0.05, 0) is 19.3 Å². The fraction of sp³-hybridized carbons (Fsp3) is 0.818. The summed E-state index contributed by atoms with van der Waals surface area (Å²) in [5, 5.41) is 11.2. The predicted molar refractivity (Wildman–Crippen MR) is 59.4 cm³/mol. The highest BCUT2D eigenvalue weighted by atomic mass is 15.4. The highest BCUT2D eigenvalue weighted by Crippen LogP contribution is 2.30. The number of hydrogen-bond acceptors (Lipinski definition) is 3. The smallest absolute Gasteiger partial charge is 0.0692 e. The Labute approximate surface area is 91.1 Å². The van der Waals surface area contributed by atoms with Gasteiger partial charge in [0, 0.05) is 18.8 Å². The van der Waals surface area contributed by atoms with E-state index in [1.807, 2.05) is 10.9 Å².